The van der Waals surface area contributed by atoms with Crippen molar-refractivity contribution in [1.82, 2.24) is 0 Å². The second kappa shape index (κ2) is 5.98. The number of nitro groups is 1. The van der Waals surface area contributed by atoms with Crippen molar-refractivity contribution in [2.75, 3.05) is 5.43 Å². The molecule has 0 saturated heterocycles. The first-order valence-electron chi connectivity index (χ1n) is 5.52. The Labute approximate surface area is 101 Å². The fraction of sp³-hybridized carbons (Fsp3) is 0.417. The zero-order valence-corrected chi connectivity index (χ0v) is 10.3. The molecule has 0 spiro atoms. The van der Waals surface area contributed by atoms with Crippen molar-refractivity contribution in [2.45, 2.75) is 27.2 Å². The number of hydrogen-bond acceptors (Lipinski definition) is 4. The predicted molar refractivity (Wildman–Crippen MR) is 69.3 cm³/mol. The van der Waals surface area contributed by atoms with Crippen LogP contribution in [0.4, 0.5) is 11.4 Å². The molecule has 1 N–H and O–H groups in total. The van der Waals surface area contributed by atoms with Gasteiger partial charge in [-0.05, 0) is 31.4 Å². The van der Waals surface area contributed by atoms with Crippen molar-refractivity contribution >= 4 is 17.1 Å². The first-order valence-corrected chi connectivity index (χ1v) is 5.52. The zero-order valence-electron chi connectivity index (χ0n) is 10.3. The van der Waals surface area contributed by atoms with Crippen LogP contribution in [0.3, 0.4) is 0 Å². The molecule has 5 nitrogen and oxygen atoms in total. The Balaban J connectivity index is 2.60. The van der Waals surface area contributed by atoms with Crippen molar-refractivity contribution in [2.24, 2.45) is 11.0 Å². The molecule has 17 heavy (non-hydrogen) atoms. The fourth-order valence-electron chi connectivity index (χ4n) is 1.45. The third-order valence-electron chi connectivity index (χ3n) is 2.16. The molecule has 0 aromatic heterocycles. The molecule has 0 bridgehead atoms. The van der Waals surface area contributed by atoms with Crippen LogP contribution < -0.4 is 5.43 Å². The number of anilines is 1. The molecule has 0 aliphatic heterocycles. The molecule has 0 aliphatic carbocycles. The van der Waals surface area contributed by atoms with Crippen LogP contribution in [0.1, 0.15) is 27.2 Å². The SMILES string of the molecule is CC(CC(C)C)=NNc1ccc([N+](=O)[O-])cc1. The molecule has 0 atom stereocenters. The molecule has 0 radical (unpaired) electrons. The number of nitrogens with zero attached hydrogens (tertiary/aromatic N) is 2. The second-order valence-electron chi connectivity index (χ2n) is 4.36. The van der Waals surface area contributed by atoms with Crippen LogP contribution in [0, 0.1) is 16.0 Å². The lowest BCUT2D eigenvalue weighted by molar-refractivity contribution is -0.384. The van der Waals surface area contributed by atoms with Crippen molar-refractivity contribution < 1.29 is 4.92 Å². The molecule has 0 amide bonds. The minimum absolute atomic E-state index is 0.0819. The highest BCUT2D eigenvalue weighted by Crippen LogP contribution is 2.15. The molecule has 0 fully saturated rings. The van der Waals surface area contributed by atoms with E-state index in [0.717, 1.165) is 17.8 Å². The Morgan fingerprint density at radius 1 is 1.41 bits per heavy atom. The third kappa shape index (κ3) is 4.63. The Morgan fingerprint density at radius 2 is 2.00 bits per heavy atom. The van der Waals surface area contributed by atoms with E-state index in [1.54, 1.807) is 12.1 Å². The topological polar surface area (TPSA) is 67.5 Å². The molecule has 0 unspecified atom stereocenters. The summed E-state index contributed by atoms with van der Waals surface area (Å²) in [5.41, 5.74) is 4.72. The van der Waals surface area contributed by atoms with Gasteiger partial charge in [-0.1, -0.05) is 13.8 Å². The van der Waals surface area contributed by atoms with E-state index in [1.807, 2.05) is 6.92 Å². The minimum atomic E-state index is -0.420. The molecule has 92 valence electrons. The molecule has 0 aliphatic rings. The van der Waals surface area contributed by atoms with E-state index in [0.29, 0.717) is 5.92 Å². The summed E-state index contributed by atoms with van der Waals surface area (Å²) in [5, 5.41) is 14.7. The minimum Gasteiger partial charge on any atom is -0.279 e. The first-order chi connectivity index (χ1) is 7.99. The fourth-order valence-corrected chi connectivity index (χ4v) is 1.45. The van der Waals surface area contributed by atoms with E-state index >= 15 is 0 Å². The van der Waals surface area contributed by atoms with Crippen LogP contribution in [-0.2, 0) is 0 Å². The van der Waals surface area contributed by atoms with E-state index in [-0.39, 0.29) is 5.69 Å². The Morgan fingerprint density at radius 3 is 2.47 bits per heavy atom. The van der Waals surface area contributed by atoms with E-state index < -0.39 is 4.92 Å². The lowest BCUT2D eigenvalue weighted by Crippen LogP contribution is -2.01. The first kappa shape index (κ1) is 13.2. The highest BCUT2D eigenvalue weighted by molar-refractivity contribution is 5.82. The Hall–Kier alpha value is -1.91. The lowest BCUT2D eigenvalue weighted by atomic mass is 10.1. The summed E-state index contributed by atoms with van der Waals surface area (Å²) in [7, 11) is 0. The molecular weight excluding hydrogens is 218 g/mol. The second-order valence-corrected chi connectivity index (χ2v) is 4.36. The molecule has 0 saturated carbocycles. The summed E-state index contributed by atoms with van der Waals surface area (Å²) in [6.45, 7) is 6.22. The van der Waals surface area contributed by atoms with E-state index in [4.69, 9.17) is 0 Å². The average Bonchev–Trinajstić information content (AvgIpc) is 2.26. The molecule has 0 heterocycles. The summed E-state index contributed by atoms with van der Waals surface area (Å²) in [6, 6.07) is 6.19. The van der Waals surface area contributed by atoms with Crippen molar-refractivity contribution in [3.8, 4) is 0 Å². The van der Waals surface area contributed by atoms with Crippen LogP contribution in [-0.4, -0.2) is 10.6 Å². The largest absolute Gasteiger partial charge is 0.279 e. The van der Waals surface area contributed by atoms with Crippen molar-refractivity contribution in [3.05, 3.63) is 34.4 Å². The lowest BCUT2D eigenvalue weighted by Gasteiger charge is -2.05. The standard InChI is InChI=1S/C12H17N3O2/c1-9(2)8-10(3)13-14-11-4-6-12(7-5-11)15(16)17/h4-7,9,14H,8H2,1-3H3. The van der Waals surface area contributed by atoms with Crippen LogP contribution in [0.5, 0.6) is 0 Å². The van der Waals surface area contributed by atoms with Gasteiger partial charge in [-0.15, -0.1) is 0 Å². The summed E-state index contributed by atoms with van der Waals surface area (Å²) in [4.78, 5) is 10.0. The maximum absolute atomic E-state index is 10.5. The highest BCUT2D eigenvalue weighted by Gasteiger charge is 2.03. The number of hydrogen-bond donors (Lipinski definition) is 1. The summed E-state index contributed by atoms with van der Waals surface area (Å²) < 4.78 is 0. The smallest absolute Gasteiger partial charge is 0.269 e. The maximum atomic E-state index is 10.5. The number of nitrogens with one attached hydrogen (secondary N) is 1. The number of hydrazone groups is 1. The number of benzene rings is 1. The van der Waals surface area contributed by atoms with Gasteiger partial charge in [0.15, 0.2) is 0 Å². The summed E-state index contributed by atoms with van der Waals surface area (Å²) >= 11 is 0. The monoisotopic (exact) mass is 235 g/mol. The number of rotatable bonds is 5. The number of nitro benzene ring substituents is 1. The molecule has 1 aromatic carbocycles. The third-order valence-corrected chi connectivity index (χ3v) is 2.16. The summed E-state index contributed by atoms with van der Waals surface area (Å²) in [5.74, 6) is 0.567. The molecular formula is C12H17N3O2. The molecule has 1 aromatic rings. The van der Waals surface area contributed by atoms with Gasteiger partial charge in [-0.3, -0.25) is 15.5 Å². The van der Waals surface area contributed by atoms with Gasteiger partial charge in [0.1, 0.15) is 0 Å². The van der Waals surface area contributed by atoms with Crippen LogP contribution in [0.15, 0.2) is 29.4 Å². The van der Waals surface area contributed by atoms with Gasteiger partial charge < -0.3 is 0 Å². The van der Waals surface area contributed by atoms with Gasteiger partial charge in [0.2, 0.25) is 0 Å². The Kier molecular flexibility index (Phi) is 4.63. The number of non-ortho nitro benzene ring substituents is 1. The van der Waals surface area contributed by atoms with E-state index in [1.165, 1.54) is 12.1 Å². The summed E-state index contributed by atoms with van der Waals surface area (Å²) in [6.07, 6.45) is 0.931. The van der Waals surface area contributed by atoms with Crippen LogP contribution >= 0.6 is 0 Å². The van der Waals surface area contributed by atoms with Gasteiger partial charge in [0.05, 0.1) is 10.6 Å². The predicted octanol–water partition coefficient (Wildman–Crippen LogP) is 3.43. The normalized spacial score (nSPS) is 11.6. The molecule has 1 rings (SSSR count). The van der Waals surface area contributed by atoms with Gasteiger partial charge in [-0.25, -0.2) is 0 Å². The Bertz CT molecular complexity index is 410. The van der Waals surface area contributed by atoms with Crippen molar-refractivity contribution in [3.63, 3.8) is 0 Å². The molecule has 5 heteroatoms. The van der Waals surface area contributed by atoms with Gasteiger partial charge >= 0.3 is 0 Å². The van der Waals surface area contributed by atoms with Crippen LogP contribution in [0.2, 0.25) is 0 Å². The van der Waals surface area contributed by atoms with E-state index in [2.05, 4.69) is 24.4 Å². The average molecular weight is 235 g/mol. The quantitative estimate of drug-likeness (QED) is 0.483. The van der Waals surface area contributed by atoms with Gasteiger partial charge in [0.25, 0.3) is 5.69 Å². The van der Waals surface area contributed by atoms with E-state index in [9.17, 15) is 10.1 Å². The van der Waals surface area contributed by atoms with Crippen LogP contribution in [0.25, 0.3) is 0 Å². The van der Waals surface area contributed by atoms with Gasteiger partial charge in [0, 0.05) is 17.8 Å². The van der Waals surface area contributed by atoms with Gasteiger partial charge in [-0.2, -0.15) is 5.10 Å². The van der Waals surface area contributed by atoms with Crippen molar-refractivity contribution in [1.29, 1.82) is 0 Å². The highest BCUT2D eigenvalue weighted by atomic mass is 16.6. The maximum Gasteiger partial charge on any atom is 0.269 e. The zero-order chi connectivity index (χ0) is 12.8.